The number of aromatic nitrogens is 4. The number of anilines is 1. The second kappa shape index (κ2) is 8.83. The number of carbonyl (C=O) groups excluding carboxylic acids is 1. The zero-order chi connectivity index (χ0) is 23.8. The van der Waals surface area contributed by atoms with Crippen LogP contribution in [0.4, 0.5) is 5.69 Å². The first kappa shape index (κ1) is 22.7. The van der Waals surface area contributed by atoms with E-state index in [0.29, 0.717) is 0 Å². The quantitative estimate of drug-likeness (QED) is 0.388. The summed E-state index contributed by atoms with van der Waals surface area (Å²) in [4.78, 5) is 14.0. The molecule has 2 heterocycles. The van der Waals surface area contributed by atoms with Gasteiger partial charge in [-0.05, 0) is 52.0 Å². The Hall–Kier alpha value is -3.45. The summed E-state index contributed by atoms with van der Waals surface area (Å²) in [5.41, 5.74) is 5.00. The summed E-state index contributed by atoms with van der Waals surface area (Å²) in [6, 6.07) is 16.5. The van der Waals surface area contributed by atoms with Gasteiger partial charge in [0, 0.05) is 31.6 Å². The molecule has 0 aliphatic rings. The molecule has 0 unspecified atom stereocenters. The largest absolute Gasteiger partial charge is 0.376 e. The lowest BCUT2D eigenvalue weighted by Gasteiger charge is -2.21. The molecule has 0 saturated carbocycles. The maximum Gasteiger partial charge on any atom is 0.161 e. The maximum absolute atomic E-state index is 11.9. The molecule has 0 bridgehead atoms. The van der Waals surface area contributed by atoms with E-state index in [1.54, 1.807) is 20.8 Å². The molecule has 0 aliphatic carbocycles. The standard InChI is InChI=1S/C26H31N5O2/c1-7-30-24-14-19(12-13-20(24)16-27-30)25-15-21(17-33-26(3,4)18(2)32)28-31(25)23-11-9-8-10-22(23)29(5)6/h8-16H,7,17H2,1-6H3. The van der Waals surface area contributed by atoms with Gasteiger partial charge in [-0.3, -0.25) is 9.48 Å². The summed E-state index contributed by atoms with van der Waals surface area (Å²) >= 11 is 0. The van der Waals surface area contributed by atoms with Crippen LogP contribution in [-0.2, 0) is 22.7 Å². The number of aryl methyl sites for hydroxylation is 1. The fourth-order valence-corrected chi connectivity index (χ4v) is 3.75. The van der Waals surface area contributed by atoms with Crippen LogP contribution < -0.4 is 4.90 Å². The molecule has 33 heavy (non-hydrogen) atoms. The summed E-state index contributed by atoms with van der Waals surface area (Å²) in [5.74, 6) is -0.0154. The number of rotatable bonds is 8. The van der Waals surface area contributed by atoms with E-state index in [1.165, 1.54) is 0 Å². The number of hydrogen-bond donors (Lipinski definition) is 0. The van der Waals surface area contributed by atoms with E-state index < -0.39 is 5.60 Å². The number of nitrogens with zero attached hydrogens (tertiary/aromatic N) is 5. The van der Waals surface area contributed by atoms with Crippen LogP contribution in [0.5, 0.6) is 0 Å². The SMILES string of the molecule is CCn1ncc2ccc(-c3cc(COC(C)(C)C(C)=O)nn3-c3ccccc3N(C)C)cc21. The van der Waals surface area contributed by atoms with Crippen molar-refractivity contribution in [3.8, 4) is 16.9 Å². The van der Waals surface area contributed by atoms with Crippen LogP contribution >= 0.6 is 0 Å². The molecule has 7 heteroatoms. The lowest BCUT2D eigenvalue weighted by Crippen LogP contribution is -2.32. The number of ketones is 1. The molecule has 0 aliphatic heterocycles. The third kappa shape index (κ3) is 4.41. The highest BCUT2D eigenvalue weighted by Crippen LogP contribution is 2.31. The van der Waals surface area contributed by atoms with Gasteiger partial charge >= 0.3 is 0 Å². The summed E-state index contributed by atoms with van der Waals surface area (Å²) in [5, 5.41) is 10.5. The van der Waals surface area contributed by atoms with Gasteiger partial charge in [-0.2, -0.15) is 10.2 Å². The van der Waals surface area contributed by atoms with Gasteiger partial charge in [0.05, 0.1) is 41.1 Å². The van der Waals surface area contributed by atoms with Crippen LogP contribution in [0, 0.1) is 0 Å². The number of benzene rings is 2. The smallest absolute Gasteiger partial charge is 0.161 e. The number of para-hydroxylation sites is 2. The zero-order valence-corrected chi connectivity index (χ0v) is 20.2. The molecular formula is C26H31N5O2. The first-order valence-corrected chi connectivity index (χ1v) is 11.2. The average Bonchev–Trinajstić information content (AvgIpc) is 3.41. The number of carbonyl (C=O) groups is 1. The maximum atomic E-state index is 11.9. The molecule has 0 saturated heterocycles. The minimum absolute atomic E-state index is 0.0154. The predicted molar refractivity (Wildman–Crippen MR) is 132 cm³/mol. The van der Waals surface area contributed by atoms with Crippen molar-refractivity contribution >= 4 is 22.4 Å². The molecule has 2 aromatic carbocycles. The van der Waals surface area contributed by atoms with Gasteiger partial charge in [0.25, 0.3) is 0 Å². The Balaban J connectivity index is 1.85. The first-order chi connectivity index (χ1) is 15.7. The summed E-state index contributed by atoms with van der Waals surface area (Å²) in [6.07, 6.45) is 1.89. The lowest BCUT2D eigenvalue weighted by atomic mass is 10.1. The fraction of sp³-hybridized carbons (Fsp3) is 0.346. The van der Waals surface area contributed by atoms with Crippen molar-refractivity contribution in [2.24, 2.45) is 0 Å². The van der Waals surface area contributed by atoms with E-state index in [2.05, 4.69) is 47.3 Å². The Morgan fingerprint density at radius 1 is 1.12 bits per heavy atom. The Morgan fingerprint density at radius 2 is 1.88 bits per heavy atom. The monoisotopic (exact) mass is 445 g/mol. The van der Waals surface area contributed by atoms with Crippen LogP contribution in [0.1, 0.15) is 33.4 Å². The molecule has 2 aromatic heterocycles. The average molecular weight is 446 g/mol. The molecule has 4 rings (SSSR count). The van der Waals surface area contributed by atoms with Crippen molar-refractivity contribution in [3.63, 3.8) is 0 Å². The second-order valence-corrected chi connectivity index (χ2v) is 8.90. The topological polar surface area (TPSA) is 65.2 Å². The number of ether oxygens (including phenoxy) is 1. The number of Topliss-reactive ketones (excluding diaryl/α,β-unsaturated/α-hetero) is 1. The molecule has 0 radical (unpaired) electrons. The van der Waals surface area contributed by atoms with Gasteiger partial charge in [0.2, 0.25) is 0 Å². The highest BCUT2D eigenvalue weighted by Gasteiger charge is 2.25. The molecule has 7 nitrogen and oxygen atoms in total. The highest BCUT2D eigenvalue weighted by molar-refractivity contribution is 5.85. The van der Waals surface area contributed by atoms with Crippen molar-refractivity contribution in [3.05, 3.63) is 60.4 Å². The van der Waals surface area contributed by atoms with Crippen LogP contribution in [0.25, 0.3) is 27.8 Å². The van der Waals surface area contributed by atoms with E-state index in [4.69, 9.17) is 9.84 Å². The molecule has 0 N–H and O–H groups in total. The van der Waals surface area contributed by atoms with E-state index in [9.17, 15) is 4.79 Å². The van der Waals surface area contributed by atoms with Gasteiger partial charge < -0.3 is 9.64 Å². The Labute approximate surface area is 194 Å². The third-order valence-corrected chi connectivity index (χ3v) is 6.02. The molecule has 0 spiro atoms. The van der Waals surface area contributed by atoms with Crippen LogP contribution in [0.15, 0.2) is 54.7 Å². The van der Waals surface area contributed by atoms with Gasteiger partial charge in [0.15, 0.2) is 5.78 Å². The van der Waals surface area contributed by atoms with E-state index in [-0.39, 0.29) is 12.4 Å². The number of fused-ring (bicyclic) bond motifs is 1. The Kier molecular flexibility index (Phi) is 6.08. The van der Waals surface area contributed by atoms with Crippen LogP contribution in [0.2, 0.25) is 0 Å². The van der Waals surface area contributed by atoms with Crippen molar-refractivity contribution in [1.29, 1.82) is 0 Å². The minimum atomic E-state index is -0.863. The minimum Gasteiger partial charge on any atom is -0.376 e. The third-order valence-electron chi connectivity index (χ3n) is 6.02. The Morgan fingerprint density at radius 3 is 2.58 bits per heavy atom. The van der Waals surface area contributed by atoms with Crippen molar-refractivity contribution in [2.45, 2.75) is 46.4 Å². The highest BCUT2D eigenvalue weighted by atomic mass is 16.5. The summed E-state index contributed by atoms with van der Waals surface area (Å²) in [6.45, 7) is 8.25. The fourth-order valence-electron chi connectivity index (χ4n) is 3.75. The summed E-state index contributed by atoms with van der Waals surface area (Å²) < 4.78 is 9.89. The van der Waals surface area contributed by atoms with Crippen LogP contribution in [-0.4, -0.2) is 45.0 Å². The molecular weight excluding hydrogens is 414 g/mol. The van der Waals surface area contributed by atoms with Crippen molar-refractivity contribution < 1.29 is 9.53 Å². The van der Waals surface area contributed by atoms with Crippen LogP contribution in [0.3, 0.4) is 0 Å². The summed E-state index contributed by atoms with van der Waals surface area (Å²) in [7, 11) is 4.04. The normalized spacial score (nSPS) is 11.8. The van der Waals surface area contributed by atoms with E-state index >= 15 is 0 Å². The second-order valence-electron chi connectivity index (χ2n) is 8.90. The van der Waals surface area contributed by atoms with Crippen molar-refractivity contribution in [1.82, 2.24) is 19.6 Å². The molecule has 0 fully saturated rings. The van der Waals surface area contributed by atoms with Gasteiger partial charge in [-0.1, -0.05) is 24.3 Å². The van der Waals surface area contributed by atoms with Gasteiger partial charge in [-0.15, -0.1) is 0 Å². The van der Waals surface area contributed by atoms with E-state index in [0.717, 1.165) is 45.8 Å². The predicted octanol–water partition coefficient (Wildman–Crippen LogP) is 4.86. The first-order valence-electron chi connectivity index (χ1n) is 11.2. The Bertz CT molecular complexity index is 1300. The lowest BCUT2D eigenvalue weighted by molar-refractivity contribution is -0.139. The van der Waals surface area contributed by atoms with Gasteiger partial charge in [-0.25, -0.2) is 4.68 Å². The van der Waals surface area contributed by atoms with E-state index in [1.807, 2.05) is 47.9 Å². The number of hydrogen-bond acceptors (Lipinski definition) is 5. The van der Waals surface area contributed by atoms with Gasteiger partial charge in [0.1, 0.15) is 5.60 Å². The zero-order valence-electron chi connectivity index (χ0n) is 20.2. The molecule has 172 valence electrons. The molecule has 0 atom stereocenters. The molecule has 0 amide bonds. The molecule has 4 aromatic rings. The van der Waals surface area contributed by atoms with Crippen molar-refractivity contribution in [2.75, 3.05) is 19.0 Å².